The van der Waals surface area contributed by atoms with E-state index in [-0.39, 0.29) is 6.54 Å². The third-order valence-electron chi connectivity index (χ3n) is 5.51. The van der Waals surface area contributed by atoms with Gasteiger partial charge in [0.2, 0.25) is 11.8 Å². The summed E-state index contributed by atoms with van der Waals surface area (Å²) in [6.45, 7) is 9.13. The van der Waals surface area contributed by atoms with Gasteiger partial charge in [-0.3, -0.25) is 14.4 Å². The number of carbonyl (C=O) groups excluding carboxylic acids is 4. The predicted octanol–water partition coefficient (Wildman–Crippen LogP) is 4.07. The zero-order valence-electron chi connectivity index (χ0n) is 22.2. The largest absolute Gasteiger partial charge is 0.444 e. The molecule has 0 bridgehead atoms. The second-order valence-corrected chi connectivity index (χ2v) is 9.87. The van der Waals surface area contributed by atoms with Gasteiger partial charge in [-0.05, 0) is 51.3 Å². The van der Waals surface area contributed by atoms with Crippen LogP contribution in [-0.4, -0.2) is 46.9 Å². The molecule has 0 spiro atoms. The maximum atomic E-state index is 13.9. The number of hydrogen-bond donors (Lipinski definition) is 3. The van der Waals surface area contributed by atoms with Gasteiger partial charge in [-0.25, -0.2) is 4.79 Å². The lowest BCUT2D eigenvalue weighted by Gasteiger charge is -2.34. The second kappa shape index (κ2) is 13.4. The SMILES string of the molecule is CCCCN(C(=O)C(CC(N)=O)NC(=O)OC(C)(C)C)C(C(=O)Nc1ccccc1C)c1ccccc1. The summed E-state index contributed by atoms with van der Waals surface area (Å²) in [7, 11) is 0. The molecule has 0 aromatic heterocycles. The summed E-state index contributed by atoms with van der Waals surface area (Å²) in [5.74, 6) is -1.79. The highest BCUT2D eigenvalue weighted by Crippen LogP contribution is 2.26. The van der Waals surface area contributed by atoms with Crippen LogP contribution in [0, 0.1) is 6.92 Å². The molecule has 2 rings (SSSR count). The number of carbonyl (C=O) groups is 4. The second-order valence-electron chi connectivity index (χ2n) is 9.87. The minimum atomic E-state index is -1.30. The lowest BCUT2D eigenvalue weighted by molar-refractivity contribution is -0.142. The highest BCUT2D eigenvalue weighted by Gasteiger charge is 2.36. The zero-order valence-corrected chi connectivity index (χ0v) is 22.2. The normalized spacial score (nSPS) is 12.7. The number of nitrogens with zero attached hydrogens (tertiary/aromatic N) is 1. The summed E-state index contributed by atoms with van der Waals surface area (Å²) in [6.07, 6.45) is 0.0533. The van der Waals surface area contributed by atoms with E-state index in [1.165, 1.54) is 4.90 Å². The van der Waals surface area contributed by atoms with E-state index in [4.69, 9.17) is 10.5 Å². The first kappa shape index (κ1) is 29.4. The maximum Gasteiger partial charge on any atom is 0.408 e. The van der Waals surface area contributed by atoms with Crippen LogP contribution in [-0.2, 0) is 19.1 Å². The number of primary amides is 1. The van der Waals surface area contributed by atoms with Crippen molar-refractivity contribution < 1.29 is 23.9 Å². The van der Waals surface area contributed by atoms with Crippen LogP contribution < -0.4 is 16.4 Å². The van der Waals surface area contributed by atoms with Crippen LogP contribution in [0.25, 0.3) is 0 Å². The topological polar surface area (TPSA) is 131 Å². The summed E-state index contributed by atoms with van der Waals surface area (Å²) in [5, 5.41) is 5.42. The van der Waals surface area contributed by atoms with Crippen LogP contribution in [0.2, 0.25) is 0 Å². The minimum absolute atomic E-state index is 0.224. The first-order chi connectivity index (χ1) is 17.4. The number of nitrogens with one attached hydrogen (secondary N) is 2. The molecule has 0 aliphatic heterocycles. The fourth-order valence-corrected chi connectivity index (χ4v) is 3.77. The third kappa shape index (κ3) is 9.25. The molecule has 9 heteroatoms. The number of nitrogens with two attached hydrogens (primary N) is 1. The van der Waals surface area contributed by atoms with Crippen molar-refractivity contribution in [1.82, 2.24) is 10.2 Å². The van der Waals surface area contributed by atoms with Crippen LogP contribution in [0.5, 0.6) is 0 Å². The summed E-state index contributed by atoms with van der Waals surface area (Å²) in [6, 6.07) is 13.9. The monoisotopic (exact) mass is 510 g/mol. The van der Waals surface area contributed by atoms with Gasteiger partial charge in [0.1, 0.15) is 17.7 Å². The Morgan fingerprint density at radius 1 is 1.00 bits per heavy atom. The van der Waals surface area contributed by atoms with Gasteiger partial charge in [0, 0.05) is 12.2 Å². The van der Waals surface area contributed by atoms with E-state index < -0.39 is 47.9 Å². The third-order valence-corrected chi connectivity index (χ3v) is 5.51. The molecule has 0 saturated carbocycles. The Balaban J connectivity index is 2.49. The Bertz CT molecular complexity index is 1080. The van der Waals surface area contributed by atoms with Crippen molar-refractivity contribution in [3.05, 3.63) is 65.7 Å². The number of rotatable bonds is 11. The lowest BCUT2D eigenvalue weighted by atomic mass is 10.0. The van der Waals surface area contributed by atoms with Crippen LogP contribution in [0.3, 0.4) is 0 Å². The van der Waals surface area contributed by atoms with E-state index in [1.54, 1.807) is 51.1 Å². The number of hydrogen-bond acceptors (Lipinski definition) is 5. The standard InChI is InChI=1S/C28H38N4O5/c1-6-7-17-32(26(35)22(18-23(29)33)31-27(36)37-28(3,4)5)24(20-14-9-8-10-15-20)25(34)30-21-16-12-11-13-19(21)2/h8-16,22,24H,6-7,17-18H2,1-5H3,(H2,29,33)(H,30,34)(H,31,36). The molecule has 0 radical (unpaired) electrons. The first-order valence-corrected chi connectivity index (χ1v) is 12.4. The van der Waals surface area contributed by atoms with E-state index in [9.17, 15) is 19.2 Å². The molecule has 0 aliphatic carbocycles. The van der Waals surface area contributed by atoms with Gasteiger partial charge >= 0.3 is 6.09 Å². The first-order valence-electron chi connectivity index (χ1n) is 12.4. The van der Waals surface area contributed by atoms with Gasteiger partial charge < -0.3 is 26.0 Å². The smallest absolute Gasteiger partial charge is 0.408 e. The van der Waals surface area contributed by atoms with Crippen molar-refractivity contribution in [3.63, 3.8) is 0 Å². The number of aryl methyl sites for hydroxylation is 1. The summed E-state index contributed by atoms with van der Waals surface area (Å²) in [4.78, 5) is 53.4. The molecule has 200 valence electrons. The van der Waals surface area contributed by atoms with Crippen LogP contribution in [0.1, 0.15) is 64.1 Å². The Morgan fingerprint density at radius 2 is 1.62 bits per heavy atom. The van der Waals surface area contributed by atoms with E-state index in [0.29, 0.717) is 17.7 Å². The average molecular weight is 511 g/mol. The molecule has 0 fully saturated rings. The van der Waals surface area contributed by atoms with Gasteiger partial charge in [-0.1, -0.05) is 61.9 Å². The van der Waals surface area contributed by atoms with Crippen molar-refractivity contribution in [2.75, 3.05) is 11.9 Å². The van der Waals surface area contributed by atoms with Crippen molar-refractivity contribution in [1.29, 1.82) is 0 Å². The fourth-order valence-electron chi connectivity index (χ4n) is 3.77. The number of anilines is 1. The van der Waals surface area contributed by atoms with Crippen molar-refractivity contribution in [3.8, 4) is 0 Å². The van der Waals surface area contributed by atoms with Gasteiger partial charge in [-0.15, -0.1) is 0 Å². The summed E-state index contributed by atoms with van der Waals surface area (Å²) in [5.41, 5.74) is 6.69. The van der Waals surface area contributed by atoms with Crippen LogP contribution >= 0.6 is 0 Å². The Hall–Kier alpha value is -3.88. The molecule has 0 aliphatic rings. The molecule has 2 aromatic rings. The zero-order chi connectivity index (χ0) is 27.6. The van der Waals surface area contributed by atoms with E-state index in [1.807, 2.05) is 38.1 Å². The van der Waals surface area contributed by atoms with Crippen LogP contribution in [0.15, 0.2) is 54.6 Å². The van der Waals surface area contributed by atoms with Crippen molar-refractivity contribution in [2.24, 2.45) is 5.73 Å². The van der Waals surface area contributed by atoms with Gasteiger partial charge in [-0.2, -0.15) is 0 Å². The van der Waals surface area contributed by atoms with E-state index >= 15 is 0 Å². The van der Waals surface area contributed by atoms with E-state index in [2.05, 4.69) is 10.6 Å². The molecule has 2 aromatic carbocycles. The Labute approximate surface area is 218 Å². The fraction of sp³-hybridized carbons (Fsp3) is 0.429. The summed E-state index contributed by atoms with van der Waals surface area (Å²) < 4.78 is 5.29. The predicted molar refractivity (Wildman–Crippen MR) is 143 cm³/mol. The van der Waals surface area contributed by atoms with Gasteiger partial charge in [0.15, 0.2) is 0 Å². The maximum absolute atomic E-state index is 13.9. The van der Waals surface area contributed by atoms with Gasteiger partial charge in [0.25, 0.3) is 5.91 Å². The molecule has 9 nitrogen and oxygen atoms in total. The average Bonchev–Trinajstić information content (AvgIpc) is 2.81. The molecule has 2 atom stereocenters. The number of para-hydroxylation sites is 1. The van der Waals surface area contributed by atoms with Crippen LogP contribution in [0.4, 0.5) is 10.5 Å². The molecule has 4 amide bonds. The quantitative estimate of drug-likeness (QED) is 0.419. The van der Waals surface area contributed by atoms with Gasteiger partial charge in [0.05, 0.1) is 6.42 Å². The molecule has 0 heterocycles. The highest BCUT2D eigenvalue weighted by molar-refractivity contribution is 6.00. The van der Waals surface area contributed by atoms with E-state index in [0.717, 1.165) is 12.0 Å². The molecular formula is C28H38N4O5. The number of alkyl carbamates (subject to hydrolysis) is 1. The molecule has 4 N–H and O–H groups in total. The molecule has 2 unspecified atom stereocenters. The Morgan fingerprint density at radius 3 is 2.19 bits per heavy atom. The van der Waals surface area contributed by atoms with Crippen molar-refractivity contribution >= 4 is 29.5 Å². The number of amides is 4. The molecule has 0 saturated heterocycles. The number of benzene rings is 2. The summed E-state index contributed by atoms with van der Waals surface area (Å²) >= 11 is 0. The Kier molecular flexibility index (Phi) is 10.7. The number of ether oxygens (including phenoxy) is 1. The minimum Gasteiger partial charge on any atom is -0.444 e. The van der Waals surface area contributed by atoms with Crippen molar-refractivity contribution in [2.45, 2.75) is 71.6 Å². The highest BCUT2D eigenvalue weighted by atomic mass is 16.6. The molecule has 37 heavy (non-hydrogen) atoms. The number of unbranched alkanes of at least 4 members (excludes halogenated alkanes) is 1. The molecular weight excluding hydrogens is 472 g/mol. The lowest BCUT2D eigenvalue weighted by Crippen LogP contribution is -2.53.